The van der Waals surface area contributed by atoms with Gasteiger partial charge in [0.25, 0.3) is 5.91 Å². The molecule has 3 rings (SSSR count). The fourth-order valence-corrected chi connectivity index (χ4v) is 2.82. The van der Waals surface area contributed by atoms with Crippen LogP contribution in [0.3, 0.4) is 0 Å². The summed E-state index contributed by atoms with van der Waals surface area (Å²) in [6, 6.07) is 2.13. The van der Waals surface area contributed by atoms with Crippen molar-refractivity contribution in [3.05, 3.63) is 23.5 Å². The lowest BCUT2D eigenvalue weighted by Crippen LogP contribution is -2.38. The first-order valence-electron chi connectivity index (χ1n) is 8.40. The molecular weight excluding hydrogens is 361 g/mol. The van der Waals surface area contributed by atoms with Gasteiger partial charge in [0.1, 0.15) is 0 Å². The van der Waals surface area contributed by atoms with E-state index in [-0.39, 0.29) is 42.8 Å². The molecule has 2 heterocycles. The Bertz CT molecular complexity index is 729. The smallest absolute Gasteiger partial charge is 0.252 e. The molecule has 0 aliphatic heterocycles. The summed E-state index contributed by atoms with van der Waals surface area (Å²) in [6.45, 7) is 6.64. The highest BCUT2D eigenvalue weighted by Gasteiger charge is 2.28. The number of fused-ring (bicyclic) bond motifs is 1. The highest BCUT2D eigenvalue weighted by Crippen LogP contribution is 2.31. The van der Waals surface area contributed by atoms with Crippen molar-refractivity contribution in [2.75, 3.05) is 6.54 Å². The summed E-state index contributed by atoms with van der Waals surface area (Å²) in [5.74, 6) is 0.475. The van der Waals surface area contributed by atoms with Crippen molar-refractivity contribution >= 4 is 41.8 Å². The van der Waals surface area contributed by atoms with Gasteiger partial charge < -0.3 is 11.1 Å². The number of aryl methyl sites for hydroxylation is 1. The van der Waals surface area contributed by atoms with Gasteiger partial charge in [-0.2, -0.15) is 5.10 Å². The number of hydrogen-bond acceptors (Lipinski definition) is 4. The number of pyridine rings is 1. The van der Waals surface area contributed by atoms with Crippen LogP contribution in [0.25, 0.3) is 11.0 Å². The molecule has 2 aromatic heterocycles. The maximum atomic E-state index is 12.6. The summed E-state index contributed by atoms with van der Waals surface area (Å²) >= 11 is 0. The molecular formula is C17H27Cl2N5O. The molecule has 2 atom stereocenters. The molecule has 8 heteroatoms. The number of halogens is 2. The number of aromatic nitrogens is 3. The lowest BCUT2D eigenvalue weighted by molar-refractivity contribution is 0.0952. The van der Waals surface area contributed by atoms with Gasteiger partial charge in [0.05, 0.1) is 23.2 Å². The minimum absolute atomic E-state index is 0. The number of nitrogens with two attached hydrogens (primary N) is 1. The van der Waals surface area contributed by atoms with Crippen LogP contribution in [0.5, 0.6) is 0 Å². The SMILES string of the molecule is CCC(C)n1ncc2c(C(=O)NCC(N)C3CC3)cc(C)nc21.Cl.Cl. The molecule has 2 aromatic rings. The lowest BCUT2D eigenvalue weighted by atomic mass is 10.1. The summed E-state index contributed by atoms with van der Waals surface area (Å²) in [5.41, 5.74) is 8.29. The number of carbonyl (C=O) groups is 1. The van der Waals surface area contributed by atoms with E-state index < -0.39 is 0 Å². The average Bonchev–Trinajstić information content (AvgIpc) is 3.31. The quantitative estimate of drug-likeness (QED) is 0.797. The zero-order valence-electron chi connectivity index (χ0n) is 14.9. The van der Waals surface area contributed by atoms with E-state index in [9.17, 15) is 4.79 Å². The van der Waals surface area contributed by atoms with Crippen LogP contribution in [0.2, 0.25) is 0 Å². The van der Waals surface area contributed by atoms with Gasteiger partial charge in [-0.15, -0.1) is 24.8 Å². The first-order valence-corrected chi connectivity index (χ1v) is 8.40. The molecule has 1 amide bonds. The fraction of sp³-hybridized carbons (Fsp3) is 0.588. The molecule has 140 valence electrons. The largest absolute Gasteiger partial charge is 0.350 e. The van der Waals surface area contributed by atoms with Crippen LogP contribution in [0.1, 0.15) is 55.2 Å². The lowest BCUT2D eigenvalue weighted by Gasteiger charge is -2.13. The van der Waals surface area contributed by atoms with Crippen molar-refractivity contribution in [2.45, 2.75) is 52.1 Å². The first kappa shape index (κ1) is 21.7. The van der Waals surface area contributed by atoms with Crippen LogP contribution in [-0.4, -0.2) is 33.3 Å². The Kier molecular flexibility index (Phi) is 7.65. The molecule has 1 saturated carbocycles. The van der Waals surface area contributed by atoms with Crippen LogP contribution >= 0.6 is 24.8 Å². The zero-order chi connectivity index (χ0) is 16.6. The second-order valence-electron chi connectivity index (χ2n) is 6.61. The monoisotopic (exact) mass is 387 g/mol. The topological polar surface area (TPSA) is 85.8 Å². The van der Waals surface area contributed by atoms with Gasteiger partial charge in [-0.05, 0) is 45.1 Å². The van der Waals surface area contributed by atoms with Gasteiger partial charge in [-0.3, -0.25) is 4.79 Å². The molecule has 0 bridgehead atoms. The van der Waals surface area contributed by atoms with E-state index in [1.54, 1.807) is 6.20 Å². The third-order valence-corrected chi connectivity index (χ3v) is 4.67. The van der Waals surface area contributed by atoms with Crippen LogP contribution in [0.15, 0.2) is 12.3 Å². The number of hydrogen-bond donors (Lipinski definition) is 2. The molecule has 1 aliphatic carbocycles. The number of carbonyl (C=O) groups excluding carboxylic acids is 1. The van der Waals surface area contributed by atoms with E-state index in [0.29, 0.717) is 18.0 Å². The molecule has 25 heavy (non-hydrogen) atoms. The minimum Gasteiger partial charge on any atom is -0.350 e. The van der Waals surface area contributed by atoms with E-state index in [2.05, 4.69) is 29.2 Å². The maximum Gasteiger partial charge on any atom is 0.252 e. The predicted octanol–water partition coefficient (Wildman–Crippen LogP) is 3.02. The van der Waals surface area contributed by atoms with E-state index in [0.717, 1.165) is 23.1 Å². The van der Waals surface area contributed by atoms with Crippen molar-refractivity contribution < 1.29 is 4.79 Å². The Morgan fingerprint density at radius 3 is 2.72 bits per heavy atom. The second kappa shape index (κ2) is 8.83. The zero-order valence-corrected chi connectivity index (χ0v) is 16.5. The highest BCUT2D eigenvalue weighted by molar-refractivity contribution is 6.05. The molecule has 3 N–H and O–H groups in total. The Labute approximate surface area is 160 Å². The molecule has 0 spiro atoms. The van der Waals surface area contributed by atoms with Gasteiger partial charge in [-0.25, -0.2) is 9.67 Å². The minimum atomic E-state index is -0.0969. The van der Waals surface area contributed by atoms with Gasteiger partial charge >= 0.3 is 0 Å². The third-order valence-electron chi connectivity index (χ3n) is 4.67. The Hall–Kier alpha value is -1.37. The summed E-state index contributed by atoms with van der Waals surface area (Å²) in [5, 5.41) is 8.20. The summed E-state index contributed by atoms with van der Waals surface area (Å²) in [4.78, 5) is 17.2. The van der Waals surface area contributed by atoms with Crippen molar-refractivity contribution in [3.63, 3.8) is 0 Å². The molecule has 2 unspecified atom stereocenters. The molecule has 0 radical (unpaired) electrons. The number of amides is 1. The fourth-order valence-electron chi connectivity index (χ4n) is 2.82. The first-order chi connectivity index (χ1) is 11.0. The standard InChI is InChI=1S/C17H25N5O.2ClH/c1-4-11(3)22-16-14(8-20-22)13(7-10(2)21-16)17(23)19-9-15(18)12-5-6-12;;/h7-8,11-12,15H,4-6,9,18H2,1-3H3,(H,19,23);2*1H. The van der Waals surface area contributed by atoms with Crippen LogP contribution < -0.4 is 11.1 Å². The van der Waals surface area contributed by atoms with Crippen molar-refractivity contribution in [1.29, 1.82) is 0 Å². The normalized spacial score (nSPS) is 15.8. The number of rotatable bonds is 6. The third kappa shape index (κ3) is 4.63. The summed E-state index contributed by atoms with van der Waals surface area (Å²) < 4.78 is 1.90. The van der Waals surface area contributed by atoms with E-state index in [4.69, 9.17) is 5.73 Å². The number of nitrogens with one attached hydrogen (secondary N) is 1. The summed E-state index contributed by atoms with van der Waals surface area (Å²) in [7, 11) is 0. The van der Waals surface area contributed by atoms with Crippen LogP contribution in [0, 0.1) is 12.8 Å². The highest BCUT2D eigenvalue weighted by atomic mass is 35.5. The van der Waals surface area contributed by atoms with Gasteiger partial charge in [0.2, 0.25) is 0 Å². The van der Waals surface area contributed by atoms with Gasteiger partial charge in [-0.1, -0.05) is 6.92 Å². The van der Waals surface area contributed by atoms with E-state index >= 15 is 0 Å². The van der Waals surface area contributed by atoms with E-state index in [1.807, 2.05) is 17.7 Å². The average molecular weight is 388 g/mol. The maximum absolute atomic E-state index is 12.6. The predicted molar refractivity (Wildman–Crippen MR) is 105 cm³/mol. The van der Waals surface area contributed by atoms with E-state index in [1.165, 1.54) is 12.8 Å². The van der Waals surface area contributed by atoms with Gasteiger partial charge in [0, 0.05) is 18.3 Å². The Balaban J connectivity index is 0.00000156. The van der Waals surface area contributed by atoms with Crippen molar-refractivity contribution in [3.8, 4) is 0 Å². The molecule has 0 saturated heterocycles. The van der Waals surface area contributed by atoms with Gasteiger partial charge in [0.15, 0.2) is 5.65 Å². The Morgan fingerprint density at radius 2 is 2.12 bits per heavy atom. The molecule has 6 nitrogen and oxygen atoms in total. The molecule has 0 aromatic carbocycles. The number of nitrogens with zero attached hydrogens (tertiary/aromatic N) is 3. The van der Waals surface area contributed by atoms with Crippen molar-refractivity contribution in [1.82, 2.24) is 20.1 Å². The summed E-state index contributed by atoms with van der Waals surface area (Å²) in [6.07, 6.45) is 5.06. The second-order valence-corrected chi connectivity index (χ2v) is 6.61. The Morgan fingerprint density at radius 1 is 1.44 bits per heavy atom. The van der Waals surface area contributed by atoms with Crippen LogP contribution in [-0.2, 0) is 0 Å². The molecule has 1 aliphatic rings. The van der Waals surface area contributed by atoms with Crippen LogP contribution in [0.4, 0.5) is 0 Å². The molecule has 1 fully saturated rings. The van der Waals surface area contributed by atoms with Crippen molar-refractivity contribution in [2.24, 2.45) is 11.7 Å².